The van der Waals surface area contributed by atoms with Crippen LogP contribution in [0.15, 0.2) is 0 Å². The van der Waals surface area contributed by atoms with E-state index in [1.54, 1.807) is 0 Å². The Morgan fingerprint density at radius 2 is 0.500 bits per heavy atom. The van der Waals surface area contributed by atoms with Crippen LogP contribution >= 0.6 is 7.82 Å². The van der Waals surface area contributed by atoms with Crippen molar-refractivity contribution in [2.24, 2.45) is 0 Å². The summed E-state index contributed by atoms with van der Waals surface area (Å²) in [6.45, 7) is 4.54. The number of hydrogen-bond acceptors (Lipinski definition) is 3. The molecule has 0 aliphatic heterocycles. The van der Waals surface area contributed by atoms with Crippen molar-refractivity contribution in [3.63, 3.8) is 0 Å². The first-order chi connectivity index (χ1) is 21.5. The van der Waals surface area contributed by atoms with Gasteiger partial charge in [0.05, 0.1) is 0 Å². The summed E-state index contributed by atoms with van der Waals surface area (Å²) in [5.41, 5.74) is 0. The molecule has 0 aromatic heterocycles. The largest absolute Gasteiger partial charge is 0.316 e. The fourth-order valence-electron chi connectivity index (χ4n) is 5.30. The minimum atomic E-state index is -4.64. The number of carbonyl (C=O) groups is 2. The molecule has 0 aromatic rings. The summed E-state index contributed by atoms with van der Waals surface area (Å²) in [7, 11) is -4.64. The summed E-state index contributed by atoms with van der Waals surface area (Å²) in [6.07, 6.45) is 40.4. The molecule has 5 N–H and O–H groups in total. The number of hydrogen-bond donors (Lipinski definition) is 5. The van der Waals surface area contributed by atoms with Gasteiger partial charge in [-0.2, -0.15) is 0 Å². The molecular weight excluding hydrogens is 696 g/mol. The van der Waals surface area contributed by atoms with Crippen molar-refractivity contribution in [1.82, 2.24) is 0 Å². The van der Waals surface area contributed by atoms with Crippen molar-refractivity contribution in [3.8, 4) is 0 Å². The molecule has 48 heavy (non-hydrogen) atoms. The molecule has 0 aliphatic carbocycles. The molecule has 0 saturated carbocycles. The van der Waals surface area contributed by atoms with Crippen molar-refractivity contribution in [2.45, 2.75) is 219 Å². The van der Waals surface area contributed by atoms with E-state index in [1.165, 1.54) is 167 Å². The van der Waals surface area contributed by atoms with Crippen LogP contribution in [0.4, 0.5) is 0 Å². The summed E-state index contributed by atoms with van der Waals surface area (Å²) in [4.78, 5) is 42.2. The second-order valence-corrected chi connectivity index (χ2v) is 13.7. The molecule has 0 aromatic carbocycles. The van der Waals surface area contributed by atoms with Crippen molar-refractivity contribution < 1.29 is 39.0 Å². The van der Waals surface area contributed by atoms with Gasteiger partial charge in [0.2, 0.25) is 0 Å². The van der Waals surface area contributed by atoms with Gasteiger partial charge in [0, 0.05) is 12.8 Å². The summed E-state index contributed by atoms with van der Waals surface area (Å²) in [5.74, 6) is -1.31. The smallest absolute Gasteiger partial charge is 0.316 e. The fraction of sp³-hybridized carbons (Fsp3) is 0.944. The Hall–Kier alpha value is 2.34. The Morgan fingerprint density at radius 3 is 0.625 bits per heavy atom. The minimum Gasteiger partial charge on any atom is 0.316 e. The van der Waals surface area contributed by atoms with E-state index >= 15 is 0 Å². The third-order valence-corrected chi connectivity index (χ3v) is 7.99. The second-order valence-electron chi connectivity index (χ2n) is 12.7. The van der Waals surface area contributed by atoms with E-state index in [2.05, 4.69) is 13.8 Å². The summed E-state index contributed by atoms with van der Waals surface area (Å²) in [6, 6.07) is 0. The van der Waals surface area contributed by atoms with Gasteiger partial charge in [0.1, 0.15) is 0 Å². The number of phosphoric acid groups is 1. The van der Waals surface area contributed by atoms with Crippen LogP contribution in [0.5, 0.6) is 0 Å². The maximum atomic E-state index is 10.3. The van der Waals surface area contributed by atoms with Crippen LogP contribution in [-0.4, -0.2) is 135 Å². The van der Waals surface area contributed by atoms with E-state index in [4.69, 9.17) is 29.5 Å². The molecule has 0 saturated heterocycles. The third-order valence-electron chi connectivity index (χ3n) is 7.99. The summed E-state index contributed by atoms with van der Waals surface area (Å²) < 4.78 is 8.88. The van der Waals surface area contributed by atoms with Gasteiger partial charge in [-0.3, -0.25) is 9.59 Å². The maximum absolute atomic E-state index is 10.3. The van der Waals surface area contributed by atoms with Gasteiger partial charge in [0.15, 0.2) is 0 Å². The average molecular weight is 777 g/mol. The first-order valence-electron chi connectivity index (χ1n) is 18.8. The zero-order chi connectivity index (χ0) is 34.3. The molecule has 12 heteroatoms. The van der Waals surface area contributed by atoms with Crippen molar-refractivity contribution >= 4 is 118 Å². The van der Waals surface area contributed by atoms with Gasteiger partial charge in [-0.15, -0.1) is 0 Å². The molecule has 0 atom stereocenters. The van der Waals surface area contributed by atoms with E-state index < -0.39 is 19.8 Å². The van der Waals surface area contributed by atoms with Crippen molar-refractivity contribution in [1.29, 1.82) is 0 Å². The van der Waals surface area contributed by atoms with E-state index in [-0.39, 0.29) is 98.5 Å². The molecule has 0 rings (SSSR count). The Labute approximate surface area is 372 Å². The van der Waals surface area contributed by atoms with Gasteiger partial charge < -0.3 is 24.9 Å². The van der Waals surface area contributed by atoms with E-state index in [1.807, 2.05) is 0 Å². The zero-order valence-corrected chi connectivity index (χ0v) is 30.4. The Balaban J connectivity index is -0.000000152. The van der Waals surface area contributed by atoms with Crippen LogP contribution in [0.25, 0.3) is 0 Å². The number of aliphatic carboxylic acids is 2. The van der Waals surface area contributed by atoms with E-state index in [0.717, 1.165) is 25.7 Å². The van der Waals surface area contributed by atoms with Gasteiger partial charge >= 0.3 is 118 Å². The monoisotopic (exact) mass is 776 g/mol. The molecule has 0 bridgehead atoms. The third kappa shape index (κ3) is 82.0. The average Bonchev–Trinajstić information content (AvgIpc) is 2.96. The van der Waals surface area contributed by atoms with Crippen LogP contribution in [0, 0.1) is 0 Å². The molecule has 0 unspecified atom stereocenters. The predicted molar refractivity (Wildman–Crippen MR) is 214 cm³/mol. The Bertz CT molecular complexity index is 605. The van der Waals surface area contributed by atoms with Gasteiger partial charge in [-0.05, 0) is 12.8 Å². The molecule has 0 amide bonds. The SMILES string of the molecule is CCCCCCCCCCCCCCCCCC(=O)O.CCCCCCCCCCCCCCCCCC(=O)O.O=P(O)(O)O.[CaH2].[CaH2].[MgH2]. The molecule has 0 spiro atoms. The number of rotatable bonds is 32. The normalized spacial score (nSPS) is 10.3. The van der Waals surface area contributed by atoms with Crippen LogP contribution in [0.3, 0.4) is 0 Å². The maximum Gasteiger partial charge on any atom is 0.316 e. The molecular formula is C36H81Ca2MgO8P. The zero-order valence-electron chi connectivity index (χ0n) is 29.5. The van der Waals surface area contributed by atoms with Gasteiger partial charge in [-0.25, -0.2) is 4.57 Å². The standard InChI is InChI=1S/2C18H36O2.2Ca.Mg.H3O4P.6H/c2*1-2-3-4-5-6-7-8-9-10-11-12-13-14-15-16-17-18(19)20;;;;1-5(2,3)4;;;;;;/h2*2-17H2,1H3,(H,19,20);;;;(H3,1,2,3,4);;;;;;. The Kier molecular flexibility index (Phi) is 69.7. The number of carboxylic acid groups (broad SMARTS) is 2. The minimum absolute atomic E-state index is 0. The second kappa shape index (κ2) is 53.7. The topological polar surface area (TPSA) is 152 Å². The molecule has 0 aliphatic rings. The quantitative estimate of drug-likeness (QED) is 0.0258. The summed E-state index contributed by atoms with van der Waals surface area (Å²) >= 11 is 0. The van der Waals surface area contributed by atoms with Gasteiger partial charge in [0.25, 0.3) is 0 Å². The van der Waals surface area contributed by atoms with Crippen molar-refractivity contribution in [2.75, 3.05) is 0 Å². The summed E-state index contributed by atoms with van der Waals surface area (Å²) in [5, 5.41) is 17.0. The Morgan fingerprint density at radius 1 is 0.375 bits per heavy atom. The van der Waals surface area contributed by atoms with Crippen molar-refractivity contribution in [3.05, 3.63) is 0 Å². The molecule has 0 radical (unpaired) electrons. The predicted octanol–water partition coefficient (Wildman–Crippen LogP) is 8.99. The van der Waals surface area contributed by atoms with E-state index in [9.17, 15) is 9.59 Å². The van der Waals surface area contributed by atoms with Crippen LogP contribution in [-0.2, 0) is 14.2 Å². The van der Waals surface area contributed by atoms with E-state index in [0.29, 0.717) is 12.8 Å². The first kappa shape index (κ1) is 62.3. The molecule has 284 valence electrons. The number of unbranched alkanes of at least 4 members (excludes halogenated alkanes) is 28. The molecule has 0 fully saturated rings. The van der Waals surface area contributed by atoms with Gasteiger partial charge in [-0.1, -0.05) is 194 Å². The molecule has 0 heterocycles. The van der Waals surface area contributed by atoms with Crippen LogP contribution < -0.4 is 0 Å². The molecule has 8 nitrogen and oxygen atoms in total. The van der Waals surface area contributed by atoms with Crippen LogP contribution in [0.1, 0.15) is 219 Å². The number of carboxylic acids is 2. The fourth-order valence-corrected chi connectivity index (χ4v) is 5.30. The van der Waals surface area contributed by atoms with Crippen LogP contribution in [0.2, 0.25) is 0 Å². The first-order valence-corrected chi connectivity index (χ1v) is 20.3.